The average molecular weight is 477 g/mol. The van der Waals surface area contributed by atoms with Crippen LogP contribution in [0.5, 0.6) is 0 Å². The van der Waals surface area contributed by atoms with Crippen LogP contribution in [0.1, 0.15) is 48.0 Å². The molecule has 0 spiro atoms. The summed E-state index contributed by atoms with van der Waals surface area (Å²) in [7, 11) is 0. The molecule has 0 aliphatic heterocycles. The number of nitro benzene ring substituents is 1. The van der Waals surface area contributed by atoms with Crippen molar-refractivity contribution in [2.75, 3.05) is 11.9 Å². The number of nitrogens with one attached hydrogen (secondary N) is 1. The number of hydrogen-bond acceptors (Lipinski definition) is 8. The van der Waals surface area contributed by atoms with E-state index in [0.717, 1.165) is 25.7 Å². The number of benzene rings is 2. The number of ether oxygens (including phenoxy) is 1. The minimum atomic E-state index is -0.463. The molecule has 0 fully saturated rings. The highest BCUT2D eigenvalue weighted by molar-refractivity contribution is 7.11. The lowest BCUT2D eigenvalue weighted by Gasteiger charge is -2.09. The van der Waals surface area contributed by atoms with Gasteiger partial charge in [-0.3, -0.25) is 10.1 Å². The molecule has 3 aromatic rings. The number of unbranched alkanes of at least 4 members (excludes halogenated alkanes) is 3. The van der Waals surface area contributed by atoms with E-state index >= 15 is 0 Å². The second-order valence-corrected chi connectivity index (χ2v) is 8.26. The molecule has 0 aliphatic rings. The Morgan fingerprint density at radius 3 is 2.82 bits per heavy atom. The molecular formula is C25H24N4O4S. The highest BCUT2D eigenvalue weighted by atomic mass is 32.1. The fourth-order valence-electron chi connectivity index (χ4n) is 3.16. The Morgan fingerprint density at radius 2 is 2.06 bits per heavy atom. The van der Waals surface area contributed by atoms with Crippen LogP contribution >= 0.6 is 11.3 Å². The Labute approximate surface area is 201 Å². The van der Waals surface area contributed by atoms with E-state index in [0.29, 0.717) is 34.1 Å². The number of rotatable bonds is 11. The predicted octanol–water partition coefficient (Wildman–Crippen LogP) is 6.43. The van der Waals surface area contributed by atoms with E-state index in [1.54, 1.807) is 41.8 Å². The maximum atomic E-state index is 12.5. The largest absolute Gasteiger partial charge is 0.462 e. The van der Waals surface area contributed by atoms with E-state index in [9.17, 15) is 20.2 Å². The summed E-state index contributed by atoms with van der Waals surface area (Å²) in [6.45, 7) is 2.49. The summed E-state index contributed by atoms with van der Waals surface area (Å²) in [6, 6.07) is 15.2. The van der Waals surface area contributed by atoms with Gasteiger partial charge in [0.1, 0.15) is 16.6 Å². The zero-order valence-electron chi connectivity index (χ0n) is 18.7. The first-order chi connectivity index (χ1) is 16.5. The van der Waals surface area contributed by atoms with Crippen molar-refractivity contribution < 1.29 is 14.5 Å². The van der Waals surface area contributed by atoms with Crippen LogP contribution in [0.4, 0.5) is 11.4 Å². The van der Waals surface area contributed by atoms with Gasteiger partial charge in [-0.15, -0.1) is 11.3 Å². The fourth-order valence-corrected chi connectivity index (χ4v) is 3.95. The molecule has 0 atom stereocenters. The van der Waals surface area contributed by atoms with Gasteiger partial charge in [-0.2, -0.15) is 5.26 Å². The van der Waals surface area contributed by atoms with Crippen LogP contribution in [0.15, 0.2) is 60.1 Å². The number of non-ortho nitro benzene ring substituents is 1. The second-order valence-electron chi connectivity index (χ2n) is 7.40. The monoisotopic (exact) mass is 476 g/mol. The minimum Gasteiger partial charge on any atom is -0.462 e. The van der Waals surface area contributed by atoms with Crippen LogP contribution in [0.25, 0.3) is 16.8 Å². The van der Waals surface area contributed by atoms with Crippen molar-refractivity contribution in [1.82, 2.24) is 4.98 Å². The SMILES string of the molecule is CCCCCCOC(=O)c1ccccc1NC=C(C#N)c1nc(-c2cccc([N+](=O)[O-])c2)cs1. The topological polar surface area (TPSA) is 118 Å². The molecule has 0 aliphatic carbocycles. The maximum Gasteiger partial charge on any atom is 0.340 e. The van der Waals surface area contributed by atoms with Gasteiger partial charge in [0.25, 0.3) is 5.69 Å². The summed E-state index contributed by atoms with van der Waals surface area (Å²) in [6.07, 6.45) is 5.55. The number of thiazole rings is 1. The van der Waals surface area contributed by atoms with Crippen LogP contribution in [-0.2, 0) is 4.74 Å². The minimum absolute atomic E-state index is 0.0291. The van der Waals surface area contributed by atoms with Crippen LogP contribution in [0.3, 0.4) is 0 Å². The van der Waals surface area contributed by atoms with Gasteiger partial charge in [-0.1, -0.05) is 50.5 Å². The molecule has 34 heavy (non-hydrogen) atoms. The van der Waals surface area contributed by atoms with Crippen molar-refractivity contribution >= 4 is 34.3 Å². The molecule has 3 rings (SSSR count). The first-order valence-corrected chi connectivity index (χ1v) is 11.7. The van der Waals surface area contributed by atoms with Crippen molar-refractivity contribution in [3.05, 3.63) is 80.8 Å². The molecule has 2 aromatic carbocycles. The summed E-state index contributed by atoms with van der Waals surface area (Å²) in [5.74, 6) is -0.422. The second kappa shape index (κ2) is 12.3. The van der Waals surface area contributed by atoms with Gasteiger partial charge in [0.05, 0.1) is 28.5 Å². The number of nitrogens with zero attached hydrogens (tertiary/aromatic N) is 3. The third kappa shape index (κ3) is 6.49. The van der Waals surface area contributed by atoms with Gasteiger partial charge < -0.3 is 10.1 Å². The Kier molecular flexibility index (Phi) is 8.88. The van der Waals surface area contributed by atoms with Gasteiger partial charge >= 0.3 is 5.97 Å². The highest BCUT2D eigenvalue weighted by Crippen LogP contribution is 2.28. The molecule has 1 heterocycles. The zero-order valence-corrected chi connectivity index (χ0v) is 19.5. The molecule has 0 amide bonds. The molecule has 0 bridgehead atoms. The van der Waals surface area contributed by atoms with Crippen molar-refractivity contribution in [1.29, 1.82) is 5.26 Å². The number of para-hydroxylation sites is 1. The van der Waals surface area contributed by atoms with E-state index in [2.05, 4.69) is 23.3 Å². The molecule has 0 unspecified atom stereocenters. The first kappa shape index (κ1) is 24.6. The quantitative estimate of drug-likeness (QED) is 0.111. The van der Waals surface area contributed by atoms with Crippen molar-refractivity contribution in [2.45, 2.75) is 32.6 Å². The summed E-state index contributed by atoms with van der Waals surface area (Å²) < 4.78 is 5.39. The van der Waals surface area contributed by atoms with Gasteiger partial charge in [0.15, 0.2) is 0 Å². The van der Waals surface area contributed by atoms with E-state index in [1.165, 1.54) is 29.7 Å². The summed E-state index contributed by atoms with van der Waals surface area (Å²) in [5.41, 5.74) is 2.26. The molecule has 1 N–H and O–H groups in total. The van der Waals surface area contributed by atoms with Crippen molar-refractivity contribution in [3.63, 3.8) is 0 Å². The average Bonchev–Trinajstić information content (AvgIpc) is 3.34. The number of nitriles is 1. The third-order valence-corrected chi connectivity index (χ3v) is 5.83. The lowest BCUT2D eigenvalue weighted by atomic mass is 10.1. The molecule has 8 nitrogen and oxygen atoms in total. The van der Waals surface area contributed by atoms with Gasteiger partial charge in [0, 0.05) is 29.3 Å². The smallest absolute Gasteiger partial charge is 0.340 e. The van der Waals surface area contributed by atoms with E-state index < -0.39 is 10.9 Å². The molecule has 0 saturated carbocycles. The molecule has 0 radical (unpaired) electrons. The number of carbonyl (C=O) groups is 1. The third-order valence-electron chi connectivity index (χ3n) is 4.96. The summed E-state index contributed by atoms with van der Waals surface area (Å²) >= 11 is 1.25. The Hall–Kier alpha value is -4.03. The van der Waals surface area contributed by atoms with Crippen LogP contribution < -0.4 is 5.32 Å². The fraction of sp³-hybridized carbons (Fsp3) is 0.240. The lowest BCUT2D eigenvalue weighted by molar-refractivity contribution is -0.384. The van der Waals surface area contributed by atoms with E-state index in [-0.39, 0.29) is 11.3 Å². The first-order valence-electron chi connectivity index (χ1n) is 10.9. The predicted molar refractivity (Wildman–Crippen MR) is 132 cm³/mol. The number of nitro groups is 1. The Balaban J connectivity index is 1.73. The molecule has 174 valence electrons. The number of aromatic nitrogens is 1. The van der Waals surface area contributed by atoms with Gasteiger partial charge in [0.2, 0.25) is 0 Å². The molecule has 1 aromatic heterocycles. The Bertz CT molecular complexity index is 1230. The molecule has 9 heteroatoms. The van der Waals surface area contributed by atoms with Gasteiger partial charge in [-0.25, -0.2) is 9.78 Å². The zero-order chi connectivity index (χ0) is 24.3. The van der Waals surface area contributed by atoms with Crippen LogP contribution in [0.2, 0.25) is 0 Å². The number of allylic oxidation sites excluding steroid dienone is 1. The van der Waals surface area contributed by atoms with Crippen molar-refractivity contribution in [3.8, 4) is 17.3 Å². The lowest BCUT2D eigenvalue weighted by Crippen LogP contribution is -2.09. The number of carbonyl (C=O) groups excluding carboxylic acids is 1. The maximum absolute atomic E-state index is 12.5. The highest BCUT2D eigenvalue weighted by Gasteiger charge is 2.14. The molecular weight excluding hydrogens is 452 g/mol. The number of hydrogen-bond donors (Lipinski definition) is 1. The normalized spacial score (nSPS) is 11.0. The van der Waals surface area contributed by atoms with Crippen LogP contribution in [0, 0.1) is 21.4 Å². The van der Waals surface area contributed by atoms with Crippen molar-refractivity contribution in [2.24, 2.45) is 0 Å². The summed E-state index contributed by atoms with van der Waals surface area (Å²) in [4.78, 5) is 27.5. The van der Waals surface area contributed by atoms with Gasteiger partial charge in [-0.05, 0) is 18.6 Å². The standard InChI is InChI=1S/C25H24N4O4S/c1-2-3-4-7-13-33-25(30)21-11-5-6-12-22(21)27-16-19(15-26)24-28-23(17-34-24)18-9-8-10-20(14-18)29(31)32/h5-6,8-12,14,16-17,27H,2-4,7,13H2,1H3. The van der Waals surface area contributed by atoms with E-state index in [4.69, 9.17) is 4.74 Å². The number of anilines is 1. The number of esters is 1. The summed E-state index contributed by atoms with van der Waals surface area (Å²) in [5, 5.41) is 25.9. The molecule has 0 saturated heterocycles. The Morgan fingerprint density at radius 1 is 1.24 bits per heavy atom. The van der Waals surface area contributed by atoms with Crippen LogP contribution in [-0.4, -0.2) is 22.5 Å². The van der Waals surface area contributed by atoms with E-state index in [1.807, 2.05) is 0 Å².